The van der Waals surface area contributed by atoms with Crippen molar-refractivity contribution >= 4 is 5.97 Å². The first kappa shape index (κ1) is 20.4. The van der Waals surface area contributed by atoms with E-state index in [2.05, 4.69) is 30.9 Å². The largest absolute Gasteiger partial charge is 0.497 e. The first-order valence-electron chi connectivity index (χ1n) is 9.21. The van der Waals surface area contributed by atoms with Crippen molar-refractivity contribution in [3.63, 3.8) is 0 Å². The number of benzene rings is 2. The number of hydrogen-bond donors (Lipinski definition) is 0. The number of rotatable bonds is 7. The summed E-state index contributed by atoms with van der Waals surface area (Å²) in [5, 5.41) is 3.89. The van der Waals surface area contributed by atoms with E-state index in [0.717, 1.165) is 11.3 Å². The summed E-state index contributed by atoms with van der Waals surface area (Å²) in [5.74, 6) is 1.44. The molecule has 3 rings (SSSR count). The molecule has 152 valence electrons. The molecule has 0 atom stereocenters. The number of methoxy groups -OCH3 is 1. The zero-order valence-corrected chi connectivity index (χ0v) is 17.0. The van der Waals surface area contributed by atoms with Crippen molar-refractivity contribution in [3.05, 3.63) is 60.0 Å². The maximum atomic E-state index is 11.9. The van der Waals surface area contributed by atoms with Crippen LogP contribution in [-0.2, 0) is 21.6 Å². The molecule has 0 aliphatic carbocycles. The number of hydrogen-bond acceptors (Lipinski definition) is 7. The van der Waals surface area contributed by atoms with Crippen molar-refractivity contribution in [2.24, 2.45) is 0 Å². The Kier molecular flexibility index (Phi) is 6.16. The SMILES string of the molecule is COc1ccc(-c2noc(COC(=O)COc3ccc(C(C)(C)C)cc3)n2)cc1. The monoisotopic (exact) mass is 396 g/mol. The summed E-state index contributed by atoms with van der Waals surface area (Å²) in [4.78, 5) is 16.1. The van der Waals surface area contributed by atoms with Crippen LogP contribution in [0.25, 0.3) is 11.4 Å². The molecule has 2 aromatic carbocycles. The summed E-state index contributed by atoms with van der Waals surface area (Å²) >= 11 is 0. The van der Waals surface area contributed by atoms with Crippen molar-refractivity contribution in [1.29, 1.82) is 0 Å². The predicted molar refractivity (Wildman–Crippen MR) is 107 cm³/mol. The Balaban J connectivity index is 1.47. The van der Waals surface area contributed by atoms with Gasteiger partial charge in [0.15, 0.2) is 13.2 Å². The minimum absolute atomic E-state index is 0.0617. The Hall–Kier alpha value is -3.35. The van der Waals surface area contributed by atoms with E-state index in [1.807, 2.05) is 36.4 Å². The summed E-state index contributed by atoms with van der Waals surface area (Å²) in [6.45, 7) is 6.09. The Morgan fingerprint density at radius 1 is 1.00 bits per heavy atom. The van der Waals surface area contributed by atoms with Crippen LogP contribution in [0.5, 0.6) is 11.5 Å². The highest BCUT2D eigenvalue weighted by Crippen LogP contribution is 2.24. The summed E-state index contributed by atoms with van der Waals surface area (Å²) in [5.41, 5.74) is 2.03. The van der Waals surface area contributed by atoms with E-state index in [-0.39, 0.29) is 24.5 Å². The van der Waals surface area contributed by atoms with E-state index in [1.54, 1.807) is 19.2 Å². The minimum Gasteiger partial charge on any atom is -0.497 e. The highest BCUT2D eigenvalue weighted by molar-refractivity contribution is 5.71. The lowest BCUT2D eigenvalue weighted by Crippen LogP contribution is -2.15. The van der Waals surface area contributed by atoms with Crippen molar-refractivity contribution in [2.75, 3.05) is 13.7 Å². The fraction of sp³-hybridized carbons (Fsp3) is 0.318. The summed E-state index contributed by atoms with van der Waals surface area (Å²) in [6, 6.07) is 14.9. The van der Waals surface area contributed by atoms with Gasteiger partial charge < -0.3 is 18.7 Å². The summed E-state index contributed by atoms with van der Waals surface area (Å²) in [6.07, 6.45) is 0. The highest BCUT2D eigenvalue weighted by Gasteiger charge is 2.14. The molecule has 7 heteroatoms. The van der Waals surface area contributed by atoms with Gasteiger partial charge in [0, 0.05) is 5.56 Å². The maximum absolute atomic E-state index is 11.9. The maximum Gasteiger partial charge on any atom is 0.344 e. The van der Waals surface area contributed by atoms with E-state index in [1.165, 1.54) is 5.56 Å². The quantitative estimate of drug-likeness (QED) is 0.554. The number of carbonyl (C=O) groups excluding carboxylic acids is 1. The molecule has 0 fully saturated rings. The lowest BCUT2D eigenvalue weighted by Gasteiger charge is -2.19. The fourth-order valence-corrected chi connectivity index (χ4v) is 2.55. The second-order valence-corrected chi connectivity index (χ2v) is 7.46. The highest BCUT2D eigenvalue weighted by atomic mass is 16.6. The third-order valence-electron chi connectivity index (χ3n) is 4.25. The smallest absolute Gasteiger partial charge is 0.344 e. The molecule has 0 aliphatic heterocycles. The number of carbonyl (C=O) groups is 1. The second-order valence-electron chi connectivity index (χ2n) is 7.46. The molecule has 1 heterocycles. The van der Waals surface area contributed by atoms with Crippen LogP contribution in [0.1, 0.15) is 32.2 Å². The molecule has 29 heavy (non-hydrogen) atoms. The molecule has 0 saturated heterocycles. The molecule has 7 nitrogen and oxygen atoms in total. The van der Waals surface area contributed by atoms with Crippen LogP contribution < -0.4 is 9.47 Å². The average Bonchev–Trinajstić information content (AvgIpc) is 3.19. The molecule has 0 N–H and O–H groups in total. The standard InChI is InChI=1S/C22H24N2O5/c1-22(2,3)16-7-11-18(12-8-16)27-14-20(25)28-13-19-23-21(24-29-19)15-5-9-17(26-4)10-6-15/h5-12H,13-14H2,1-4H3. The van der Waals surface area contributed by atoms with Crippen LogP contribution in [0, 0.1) is 0 Å². The first-order valence-corrected chi connectivity index (χ1v) is 9.21. The lowest BCUT2D eigenvalue weighted by molar-refractivity contribution is -0.148. The molecular weight excluding hydrogens is 372 g/mol. The summed E-state index contributed by atoms with van der Waals surface area (Å²) in [7, 11) is 1.60. The Morgan fingerprint density at radius 3 is 2.28 bits per heavy atom. The Labute approximate surface area is 169 Å². The van der Waals surface area contributed by atoms with E-state index >= 15 is 0 Å². The van der Waals surface area contributed by atoms with Crippen molar-refractivity contribution < 1.29 is 23.5 Å². The Morgan fingerprint density at radius 2 is 1.66 bits per heavy atom. The molecule has 3 aromatic rings. The van der Waals surface area contributed by atoms with Gasteiger partial charge in [0.25, 0.3) is 5.89 Å². The number of nitrogens with zero attached hydrogens (tertiary/aromatic N) is 2. The predicted octanol–water partition coefficient (Wildman–Crippen LogP) is 4.16. The number of ether oxygens (including phenoxy) is 3. The fourth-order valence-electron chi connectivity index (χ4n) is 2.55. The molecule has 0 bridgehead atoms. The van der Waals surface area contributed by atoms with E-state index < -0.39 is 5.97 Å². The molecular formula is C22H24N2O5. The van der Waals surface area contributed by atoms with E-state index in [0.29, 0.717) is 11.6 Å². The molecule has 0 saturated carbocycles. The van der Waals surface area contributed by atoms with Gasteiger partial charge >= 0.3 is 5.97 Å². The zero-order valence-electron chi connectivity index (χ0n) is 17.0. The van der Waals surface area contributed by atoms with Gasteiger partial charge in [-0.3, -0.25) is 0 Å². The third-order valence-corrected chi connectivity index (χ3v) is 4.25. The number of aromatic nitrogens is 2. The second kappa shape index (κ2) is 8.77. The molecule has 0 aliphatic rings. The molecule has 1 aromatic heterocycles. The van der Waals surface area contributed by atoms with Crippen molar-refractivity contribution in [1.82, 2.24) is 10.1 Å². The summed E-state index contributed by atoms with van der Waals surface area (Å²) < 4.78 is 20.8. The van der Waals surface area contributed by atoms with Crippen molar-refractivity contribution in [2.45, 2.75) is 32.8 Å². The van der Waals surface area contributed by atoms with Gasteiger partial charge in [0.2, 0.25) is 5.82 Å². The van der Waals surface area contributed by atoms with Gasteiger partial charge in [-0.15, -0.1) is 0 Å². The zero-order chi connectivity index (χ0) is 20.9. The van der Waals surface area contributed by atoms with Crippen LogP contribution in [0.2, 0.25) is 0 Å². The van der Waals surface area contributed by atoms with Gasteiger partial charge in [0.1, 0.15) is 11.5 Å². The Bertz CT molecular complexity index is 941. The van der Waals surface area contributed by atoms with Crippen molar-refractivity contribution in [3.8, 4) is 22.9 Å². The molecule has 0 radical (unpaired) electrons. The average molecular weight is 396 g/mol. The normalized spacial score (nSPS) is 11.2. The van der Waals surface area contributed by atoms with E-state index in [4.69, 9.17) is 18.7 Å². The van der Waals surface area contributed by atoms with Gasteiger partial charge in [-0.1, -0.05) is 38.1 Å². The van der Waals surface area contributed by atoms with Crippen LogP contribution in [-0.4, -0.2) is 29.8 Å². The third kappa shape index (κ3) is 5.57. The van der Waals surface area contributed by atoms with Gasteiger partial charge in [-0.2, -0.15) is 4.98 Å². The first-order chi connectivity index (χ1) is 13.8. The molecule has 0 unspecified atom stereocenters. The van der Waals surface area contributed by atoms with Gasteiger partial charge in [-0.25, -0.2) is 4.79 Å². The van der Waals surface area contributed by atoms with Crippen LogP contribution in [0.15, 0.2) is 53.1 Å². The molecule has 0 amide bonds. The van der Waals surface area contributed by atoms with E-state index in [9.17, 15) is 4.79 Å². The number of esters is 1. The van der Waals surface area contributed by atoms with Crippen LogP contribution >= 0.6 is 0 Å². The van der Waals surface area contributed by atoms with Gasteiger partial charge in [0.05, 0.1) is 7.11 Å². The topological polar surface area (TPSA) is 83.7 Å². The van der Waals surface area contributed by atoms with Gasteiger partial charge in [-0.05, 0) is 47.4 Å². The minimum atomic E-state index is -0.519. The van der Waals surface area contributed by atoms with Crippen LogP contribution in [0.4, 0.5) is 0 Å². The molecule has 0 spiro atoms. The van der Waals surface area contributed by atoms with Crippen LogP contribution in [0.3, 0.4) is 0 Å². The lowest BCUT2D eigenvalue weighted by atomic mass is 9.87.